The second-order valence-electron chi connectivity index (χ2n) is 5.04. The number of alkyl halides is 1. The summed E-state index contributed by atoms with van der Waals surface area (Å²) in [5, 5.41) is 0. The first kappa shape index (κ1) is 14.1. The molecular formula is C17H19FS. The molecule has 0 spiro atoms. The van der Waals surface area contributed by atoms with Crippen molar-refractivity contribution in [2.45, 2.75) is 43.2 Å². The summed E-state index contributed by atoms with van der Waals surface area (Å²) >= 11 is 1.66. The van der Waals surface area contributed by atoms with Crippen LogP contribution in [-0.2, 0) is 6.67 Å². The summed E-state index contributed by atoms with van der Waals surface area (Å²) in [6, 6.07) is 14.4. The van der Waals surface area contributed by atoms with Crippen molar-refractivity contribution in [3.8, 4) is 0 Å². The molecule has 0 amide bonds. The lowest BCUT2D eigenvalue weighted by Gasteiger charge is -2.13. The van der Waals surface area contributed by atoms with Gasteiger partial charge in [0, 0.05) is 9.79 Å². The number of aryl methyl sites for hydroxylation is 1. The van der Waals surface area contributed by atoms with Crippen molar-refractivity contribution in [3.63, 3.8) is 0 Å². The van der Waals surface area contributed by atoms with Gasteiger partial charge in [-0.3, -0.25) is 0 Å². The van der Waals surface area contributed by atoms with E-state index >= 15 is 0 Å². The maximum Gasteiger partial charge on any atom is 0.116 e. The average Bonchev–Trinajstić information content (AvgIpc) is 2.41. The van der Waals surface area contributed by atoms with Gasteiger partial charge in [-0.05, 0) is 36.1 Å². The van der Waals surface area contributed by atoms with E-state index in [-0.39, 0.29) is 0 Å². The van der Waals surface area contributed by atoms with E-state index in [0.717, 1.165) is 16.0 Å². The van der Waals surface area contributed by atoms with Crippen LogP contribution in [0.15, 0.2) is 52.3 Å². The molecule has 0 saturated heterocycles. The molecule has 2 rings (SSSR count). The van der Waals surface area contributed by atoms with E-state index in [0.29, 0.717) is 5.92 Å². The molecule has 0 heterocycles. The summed E-state index contributed by atoms with van der Waals surface area (Å²) in [7, 11) is 0. The van der Waals surface area contributed by atoms with Gasteiger partial charge in [-0.25, -0.2) is 4.39 Å². The van der Waals surface area contributed by atoms with Gasteiger partial charge in [-0.15, -0.1) is 0 Å². The summed E-state index contributed by atoms with van der Waals surface area (Å²) in [6.45, 7) is 5.96. The SMILES string of the molecule is Cc1ccc(Sc2ccccc2C(C)C)c(CF)c1. The van der Waals surface area contributed by atoms with Crippen LogP contribution in [-0.4, -0.2) is 0 Å². The van der Waals surface area contributed by atoms with Gasteiger partial charge >= 0.3 is 0 Å². The van der Waals surface area contributed by atoms with Gasteiger partial charge in [0.15, 0.2) is 0 Å². The molecule has 0 bridgehead atoms. The molecule has 0 fully saturated rings. The molecule has 0 nitrogen and oxygen atoms in total. The standard InChI is InChI=1S/C17H19FS/c1-12(2)15-6-4-5-7-17(15)19-16-9-8-13(3)10-14(16)11-18/h4-10,12H,11H2,1-3H3. The van der Waals surface area contributed by atoms with Gasteiger partial charge in [0.2, 0.25) is 0 Å². The smallest absolute Gasteiger partial charge is 0.116 e. The highest BCUT2D eigenvalue weighted by atomic mass is 32.2. The Labute approximate surface area is 119 Å². The van der Waals surface area contributed by atoms with Gasteiger partial charge in [-0.1, -0.05) is 61.5 Å². The quantitative estimate of drug-likeness (QED) is 0.685. The van der Waals surface area contributed by atoms with Crippen LogP contribution in [0.5, 0.6) is 0 Å². The Morgan fingerprint density at radius 3 is 2.47 bits per heavy atom. The van der Waals surface area contributed by atoms with Crippen LogP contribution >= 0.6 is 11.8 Å². The third-order valence-corrected chi connectivity index (χ3v) is 4.33. The topological polar surface area (TPSA) is 0 Å². The van der Waals surface area contributed by atoms with E-state index in [1.807, 2.05) is 31.2 Å². The summed E-state index contributed by atoms with van der Waals surface area (Å²) in [4.78, 5) is 2.23. The number of hydrogen-bond donors (Lipinski definition) is 0. The van der Waals surface area contributed by atoms with Gasteiger partial charge in [0.25, 0.3) is 0 Å². The Kier molecular flexibility index (Phi) is 4.65. The molecule has 19 heavy (non-hydrogen) atoms. The lowest BCUT2D eigenvalue weighted by atomic mass is 10.0. The van der Waals surface area contributed by atoms with Crippen LogP contribution < -0.4 is 0 Å². The predicted molar refractivity (Wildman–Crippen MR) is 80.6 cm³/mol. The summed E-state index contributed by atoms with van der Waals surface area (Å²) < 4.78 is 13.1. The molecule has 0 aliphatic carbocycles. The molecule has 0 aliphatic heterocycles. The molecule has 0 N–H and O–H groups in total. The van der Waals surface area contributed by atoms with Gasteiger partial charge < -0.3 is 0 Å². The van der Waals surface area contributed by atoms with Crippen LogP contribution in [0.25, 0.3) is 0 Å². The first-order valence-electron chi connectivity index (χ1n) is 6.54. The number of rotatable bonds is 4. The molecule has 0 radical (unpaired) electrons. The van der Waals surface area contributed by atoms with E-state index in [4.69, 9.17) is 0 Å². The molecule has 0 unspecified atom stereocenters. The average molecular weight is 274 g/mol. The van der Waals surface area contributed by atoms with Crippen LogP contribution in [0, 0.1) is 6.92 Å². The number of hydrogen-bond acceptors (Lipinski definition) is 1. The summed E-state index contributed by atoms with van der Waals surface area (Å²) in [6.07, 6.45) is 0. The summed E-state index contributed by atoms with van der Waals surface area (Å²) in [5.41, 5.74) is 3.20. The van der Waals surface area contributed by atoms with Gasteiger partial charge in [0.1, 0.15) is 6.67 Å². The van der Waals surface area contributed by atoms with E-state index in [9.17, 15) is 4.39 Å². The van der Waals surface area contributed by atoms with Gasteiger partial charge in [0.05, 0.1) is 0 Å². The van der Waals surface area contributed by atoms with Crippen molar-refractivity contribution >= 4 is 11.8 Å². The fourth-order valence-electron chi connectivity index (χ4n) is 2.08. The van der Waals surface area contributed by atoms with E-state index < -0.39 is 6.67 Å². The molecule has 0 atom stereocenters. The van der Waals surface area contributed by atoms with Crippen molar-refractivity contribution in [3.05, 3.63) is 59.2 Å². The first-order valence-corrected chi connectivity index (χ1v) is 7.35. The Balaban J connectivity index is 2.36. The summed E-state index contributed by atoms with van der Waals surface area (Å²) in [5.74, 6) is 0.475. The highest BCUT2D eigenvalue weighted by molar-refractivity contribution is 7.99. The van der Waals surface area contributed by atoms with Crippen molar-refractivity contribution < 1.29 is 4.39 Å². The molecule has 0 saturated carbocycles. The minimum absolute atomic E-state index is 0.409. The van der Waals surface area contributed by atoms with Gasteiger partial charge in [-0.2, -0.15) is 0 Å². The fraction of sp³-hybridized carbons (Fsp3) is 0.294. The van der Waals surface area contributed by atoms with Crippen molar-refractivity contribution in [2.24, 2.45) is 0 Å². The lowest BCUT2D eigenvalue weighted by Crippen LogP contribution is -1.92. The Hall–Kier alpha value is -1.28. The molecule has 2 heteroatoms. The Bertz CT molecular complexity index is 561. The minimum atomic E-state index is -0.409. The maximum atomic E-state index is 13.1. The van der Waals surface area contributed by atoms with E-state index in [1.54, 1.807) is 11.8 Å². The monoisotopic (exact) mass is 274 g/mol. The lowest BCUT2D eigenvalue weighted by molar-refractivity contribution is 0.480. The molecule has 2 aromatic carbocycles. The third kappa shape index (κ3) is 3.38. The second kappa shape index (κ2) is 6.25. The Morgan fingerprint density at radius 2 is 1.79 bits per heavy atom. The second-order valence-corrected chi connectivity index (χ2v) is 6.12. The van der Waals surface area contributed by atoms with Crippen LogP contribution in [0.3, 0.4) is 0 Å². The van der Waals surface area contributed by atoms with E-state index in [1.165, 1.54) is 10.5 Å². The van der Waals surface area contributed by atoms with Crippen molar-refractivity contribution in [1.82, 2.24) is 0 Å². The largest absolute Gasteiger partial charge is 0.246 e. The molecule has 2 aromatic rings. The normalized spacial score (nSPS) is 11.0. The first-order chi connectivity index (χ1) is 9.11. The minimum Gasteiger partial charge on any atom is -0.246 e. The molecule has 0 aromatic heterocycles. The predicted octanol–water partition coefficient (Wildman–Crippen LogP) is 5.74. The van der Waals surface area contributed by atoms with Crippen molar-refractivity contribution in [1.29, 1.82) is 0 Å². The third-order valence-electron chi connectivity index (χ3n) is 3.12. The number of halogens is 1. The number of benzene rings is 2. The molecule has 100 valence electrons. The van der Waals surface area contributed by atoms with E-state index in [2.05, 4.69) is 32.0 Å². The highest BCUT2D eigenvalue weighted by Crippen LogP contribution is 2.36. The molecule has 0 aliphatic rings. The molecular weight excluding hydrogens is 255 g/mol. The zero-order valence-corrected chi connectivity index (χ0v) is 12.4. The van der Waals surface area contributed by atoms with Crippen LogP contribution in [0.2, 0.25) is 0 Å². The van der Waals surface area contributed by atoms with Crippen molar-refractivity contribution in [2.75, 3.05) is 0 Å². The fourth-order valence-corrected chi connectivity index (χ4v) is 3.27. The maximum absolute atomic E-state index is 13.1. The highest BCUT2D eigenvalue weighted by Gasteiger charge is 2.10. The van der Waals surface area contributed by atoms with Crippen LogP contribution in [0.4, 0.5) is 4.39 Å². The zero-order chi connectivity index (χ0) is 13.8. The zero-order valence-electron chi connectivity index (χ0n) is 11.6. The van der Waals surface area contributed by atoms with Crippen LogP contribution in [0.1, 0.15) is 36.5 Å². The Morgan fingerprint density at radius 1 is 1.05 bits per heavy atom.